The van der Waals surface area contributed by atoms with Crippen molar-refractivity contribution < 1.29 is 4.74 Å². The Morgan fingerprint density at radius 3 is 3.06 bits per heavy atom. The Bertz CT molecular complexity index is 388. The number of rotatable bonds is 1. The molecule has 0 amide bonds. The predicted octanol–water partition coefficient (Wildman–Crippen LogP) is 2.61. The molecule has 1 saturated carbocycles. The van der Waals surface area contributed by atoms with Gasteiger partial charge < -0.3 is 10.5 Å². The minimum atomic E-state index is 0.385. The molecule has 1 aromatic rings. The van der Waals surface area contributed by atoms with E-state index in [1.807, 2.05) is 0 Å². The number of para-hydroxylation sites is 1. The lowest BCUT2D eigenvalue weighted by Crippen LogP contribution is -2.27. The third kappa shape index (κ3) is 1.71. The summed E-state index contributed by atoms with van der Waals surface area (Å²) >= 11 is 0. The molecule has 0 saturated heterocycles. The lowest BCUT2D eigenvalue weighted by atomic mass is 9.81. The fraction of sp³-hybridized carbons (Fsp3) is 0.571. The van der Waals surface area contributed by atoms with Gasteiger partial charge in [0.1, 0.15) is 5.75 Å². The number of ether oxygens (including phenoxy) is 1. The fourth-order valence-electron chi connectivity index (χ4n) is 3.07. The lowest BCUT2D eigenvalue weighted by Gasteiger charge is -2.27. The second kappa shape index (κ2) is 4.10. The average molecular weight is 217 g/mol. The minimum absolute atomic E-state index is 0.385. The summed E-state index contributed by atoms with van der Waals surface area (Å²) in [5.74, 6) is 1.79. The Hall–Kier alpha value is -1.02. The van der Waals surface area contributed by atoms with Crippen molar-refractivity contribution in [2.24, 2.45) is 5.73 Å². The van der Waals surface area contributed by atoms with Crippen molar-refractivity contribution in [3.63, 3.8) is 0 Å². The molecule has 1 aliphatic carbocycles. The van der Waals surface area contributed by atoms with Gasteiger partial charge in [-0.3, -0.25) is 0 Å². The molecule has 3 rings (SSSR count). The molecule has 2 heteroatoms. The molecule has 2 N–H and O–H groups in total. The van der Waals surface area contributed by atoms with Crippen molar-refractivity contribution in [2.75, 3.05) is 6.61 Å². The first kappa shape index (κ1) is 10.2. The van der Waals surface area contributed by atoms with Gasteiger partial charge in [0.15, 0.2) is 0 Å². The van der Waals surface area contributed by atoms with Gasteiger partial charge in [-0.1, -0.05) is 24.6 Å². The number of nitrogens with two attached hydrogens (primary N) is 1. The van der Waals surface area contributed by atoms with Crippen molar-refractivity contribution in [1.29, 1.82) is 0 Å². The van der Waals surface area contributed by atoms with Gasteiger partial charge in [0.05, 0.1) is 6.61 Å². The Labute approximate surface area is 96.8 Å². The highest BCUT2D eigenvalue weighted by Crippen LogP contribution is 2.40. The summed E-state index contributed by atoms with van der Waals surface area (Å²) < 4.78 is 5.78. The summed E-state index contributed by atoms with van der Waals surface area (Å²) in [6, 6.07) is 6.97. The molecule has 1 heterocycles. The van der Waals surface area contributed by atoms with E-state index in [0.717, 1.165) is 19.4 Å². The number of fused-ring (bicyclic) bond motifs is 1. The van der Waals surface area contributed by atoms with E-state index in [0.29, 0.717) is 12.0 Å². The third-order valence-corrected chi connectivity index (χ3v) is 3.90. The van der Waals surface area contributed by atoms with Crippen LogP contribution in [-0.2, 0) is 6.42 Å². The van der Waals surface area contributed by atoms with E-state index < -0.39 is 0 Å². The highest BCUT2D eigenvalue weighted by Gasteiger charge is 2.26. The van der Waals surface area contributed by atoms with Gasteiger partial charge in [-0.05, 0) is 36.3 Å². The van der Waals surface area contributed by atoms with E-state index in [9.17, 15) is 0 Å². The molecular formula is C14H19NO. The molecule has 1 aromatic carbocycles. The topological polar surface area (TPSA) is 35.2 Å². The van der Waals surface area contributed by atoms with Gasteiger partial charge in [0.25, 0.3) is 0 Å². The quantitative estimate of drug-likeness (QED) is 0.784. The van der Waals surface area contributed by atoms with Crippen molar-refractivity contribution in [2.45, 2.75) is 44.1 Å². The van der Waals surface area contributed by atoms with Crippen LogP contribution in [0.5, 0.6) is 5.75 Å². The molecule has 86 valence electrons. The van der Waals surface area contributed by atoms with Crippen molar-refractivity contribution in [3.8, 4) is 5.75 Å². The number of hydrogen-bond donors (Lipinski definition) is 1. The van der Waals surface area contributed by atoms with Crippen LogP contribution in [0.25, 0.3) is 0 Å². The number of benzene rings is 1. The molecule has 1 aliphatic heterocycles. The van der Waals surface area contributed by atoms with E-state index in [4.69, 9.17) is 10.5 Å². The zero-order chi connectivity index (χ0) is 11.0. The van der Waals surface area contributed by atoms with Crippen LogP contribution in [0.15, 0.2) is 18.2 Å². The van der Waals surface area contributed by atoms with Gasteiger partial charge in [0, 0.05) is 12.5 Å². The summed E-state index contributed by atoms with van der Waals surface area (Å²) in [7, 11) is 0. The molecule has 1 fully saturated rings. The molecule has 2 aliphatic rings. The molecule has 0 radical (unpaired) electrons. The Balaban J connectivity index is 1.91. The maximum absolute atomic E-state index is 6.07. The second-order valence-electron chi connectivity index (χ2n) is 5.06. The van der Waals surface area contributed by atoms with Crippen LogP contribution in [0.3, 0.4) is 0 Å². The van der Waals surface area contributed by atoms with Gasteiger partial charge in [-0.2, -0.15) is 0 Å². The first-order valence-corrected chi connectivity index (χ1v) is 6.35. The summed E-state index contributed by atoms with van der Waals surface area (Å²) in [5, 5.41) is 0. The third-order valence-electron chi connectivity index (χ3n) is 3.90. The first-order valence-electron chi connectivity index (χ1n) is 6.35. The molecule has 2 unspecified atom stereocenters. The lowest BCUT2D eigenvalue weighted by molar-refractivity contribution is 0.339. The van der Waals surface area contributed by atoms with E-state index >= 15 is 0 Å². The van der Waals surface area contributed by atoms with Crippen LogP contribution in [0, 0.1) is 0 Å². The van der Waals surface area contributed by atoms with Gasteiger partial charge >= 0.3 is 0 Å². The van der Waals surface area contributed by atoms with Crippen LogP contribution in [0.2, 0.25) is 0 Å². The molecule has 0 spiro atoms. The maximum Gasteiger partial charge on any atom is 0.126 e. The van der Waals surface area contributed by atoms with Crippen molar-refractivity contribution >= 4 is 0 Å². The molecule has 2 nitrogen and oxygen atoms in total. The molecule has 16 heavy (non-hydrogen) atoms. The van der Waals surface area contributed by atoms with Crippen LogP contribution in [-0.4, -0.2) is 12.6 Å². The second-order valence-corrected chi connectivity index (χ2v) is 5.06. The van der Waals surface area contributed by atoms with E-state index in [2.05, 4.69) is 18.2 Å². The fourth-order valence-corrected chi connectivity index (χ4v) is 3.07. The van der Waals surface area contributed by atoms with Gasteiger partial charge in [0.2, 0.25) is 0 Å². The molecule has 2 atom stereocenters. The zero-order valence-corrected chi connectivity index (χ0v) is 9.61. The average Bonchev–Trinajstić information content (AvgIpc) is 2.76. The highest BCUT2D eigenvalue weighted by molar-refractivity contribution is 5.46. The Kier molecular flexibility index (Phi) is 2.60. The molecular weight excluding hydrogens is 198 g/mol. The summed E-state index contributed by atoms with van der Waals surface area (Å²) in [5.41, 5.74) is 8.86. The minimum Gasteiger partial charge on any atom is -0.493 e. The standard InChI is InChI=1S/C14H19NO/c15-12-5-1-4-11(9-12)13-6-2-3-10-7-8-16-14(10)13/h2-3,6,11-12H,1,4-5,7-9,15H2. The smallest absolute Gasteiger partial charge is 0.126 e. The predicted molar refractivity (Wildman–Crippen MR) is 64.8 cm³/mol. The Morgan fingerprint density at radius 1 is 1.25 bits per heavy atom. The van der Waals surface area contributed by atoms with Crippen LogP contribution in [0.1, 0.15) is 42.7 Å². The van der Waals surface area contributed by atoms with Gasteiger partial charge in [-0.25, -0.2) is 0 Å². The normalized spacial score (nSPS) is 28.6. The molecule has 0 bridgehead atoms. The first-order chi connectivity index (χ1) is 7.84. The van der Waals surface area contributed by atoms with E-state index in [-0.39, 0.29) is 0 Å². The molecule has 0 aromatic heterocycles. The summed E-state index contributed by atoms with van der Waals surface area (Å²) in [4.78, 5) is 0. The van der Waals surface area contributed by atoms with Crippen LogP contribution >= 0.6 is 0 Å². The van der Waals surface area contributed by atoms with Gasteiger partial charge in [-0.15, -0.1) is 0 Å². The summed E-state index contributed by atoms with van der Waals surface area (Å²) in [6.07, 6.45) is 5.91. The van der Waals surface area contributed by atoms with Crippen molar-refractivity contribution in [3.05, 3.63) is 29.3 Å². The van der Waals surface area contributed by atoms with E-state index in [1.54, 1.807) is 0 Å². The largest absolute Gasteiger partial charge is 0.493 e. The van der Waals surface area contributed by atoms with E-state index in [1.165, 1.54) is 36.1 Å². The van der Waals surface area contributed by atoms with Crippen LogP contribution in [0.4, 0.5) is 0 Å². The maximum atomic E-state index is 6.07. The summed E-state index contributed by atoms with van der Waals surface area (Å²) in [6.45, 7) is 0.852. The highest BCUT2D eigenvalue weighted by atomic mass is 16.5. The zero-order valence-electron chi connectivity index (χ0n) is 9.61. The van der Waals surface area contributed by atoms with Crippen LogP contribution < -0.4 is 10.5 Å². The Morgan fingerprint density at radius 2 is 2.19 bits per heavy atom. The number of hydrogen-bond acceptors (Lipinski definition) is 2. The monoisotopic (exact) mass is 217 g/mol. The SMILES string of the molecule is NC1CCCC(c2cccc3c2OCC3)C1. The van der Waals surface area contributed by atoms with Crippen molar-refractivity contribution in [1.82, 2.24) is 0 Å².